The van der Waals surface area contributed by atoms with Crippen molar-refractivity contribution in [2.24, 2.45) is 0 Å². The molecule has 2 atom stereocenters. The lowest BCUT2D eigenvalue weighted by Crippen LogP contribution is -2.56. The van der Waals surface area contributed by atoms with Crippen LogP contribution in [0.25, 0.3) is 0 Å². The Kier molecular flexibility index (Phi) is 5.30. The van der Waals surface area contributed by atoms with Gasteiger partial charge in [0.1, 0.15) is 5.54 Å². The number of carbonyl (C=O) groups is 1. The Morgan fingerprint density at radius 3 is 3.04 bits per heavy atom. The molecule has 7 nitrogen and oxygen atoms in total. The van der Waals surface area contributed by atoms with Crippen LogP contribution in [0.3, 0.4) is 0 Å². The molecule has 2 N–H and O–H groups in total. The largest absolute Gasteiger partial charge is 0.379 e. The summed E-state index contributed by atoms with van der Waals surface area (Å²) in [5.74, 6) is 0.0291. The Labute approximate surface area is 136 Å². The minimum atomic E-state index is -0.598. The first-order chi connectivity index (χ1) is 11.2. The van der Waals surface area contributed by atoms with Crippen LogP contribution in [0.4, 0.5) is 0 Å². The van der Waals surface area contributed by atoms with Crippen molar-refractivity contribution in [1.29, 1.82) is 0 Å². The van der Waals surface area contributed by atoms with E-state index >= 15 is 0 Å². The summed E-state index contributed by atoms with van der Waals surface area (Å²) in [6, 6.07) is 1.83. The number of amides is 1. The molecule has 2 aliphatic heterocycles. The van der Waals surface area contributed by atoms with Gasteiger partial charge in [-0.15, -0.1) is 0 Å². The topological polar surface area (TPSA) is 77.4 Å². The van der Waals surface area contributed by atoms with Crippen molar-refractivity contribution in [2.75, 3.05) is 32.9 Å². The van der Waals surface area contributed by atoms with Crippen LogP contribution < -0.4 is 10.6 Å². The lowest BCUT2D eigenvalue weighted by Gasteiger charge is -2.37. The van der Waals surface area contributed by atoms with E-state index in [9.17, 15) is 4.79 Å². The van der Waals surface area contributed by atoms with Gasteiger partial charge in [-0.05, 0) is 45.3 Å². The summed E-state index contributed by atoms with van der Waals surface area (Å²) in [5, 5.41) is 10.8. The van der Waals surface area contributed by atoms with E-state index in [4.69, 9.17) is 9.47 Å². The number of carbonyl (C=O) groups excluding carboxylic acids is 1. The highest BCUT2D eigenvalue weighted by Crippen LogP contribution is 2.27. The number of rotatable bonds is 6. The summed E-state index contributed by atoms with van der Waals surface area (Å²) < 4.78 is 12.9. The van der Waals surface area contributed by atoms with Crippen LogP contribution in [0.15, 0.2) is 18.5 Å². The Morgan fingerprint density at radius 2 is 2.39 bits per heavy atom. The molecular formula is C16H26N4O3. The van der Waals surface area contributed by atoms with Crippen LogP contribution in [-0.2, 0) is 19.8 Å². The molecule has 2 fully saturated rings. The van der Waals surface area contributed by atoms with Gasteiger partial charge in [0.05, 0.1) is 19.3 Å². The number of nitrogens with zero attached hydrogens (tertiary/aromatic N) is 2. The molecule has 23 heavy (non-hydrogen) atoms. The van der Waals surface area contributed by atoms with Gasteiger partial charge >= 0.3 is 0 Å². The number of aromatic nitrogens is 2. The fraction of sp³-hybridized carbons (Fsp3) is 0.750. The molecule has 1 aromatic rings. The van der Waals surface area contributed by atoms with Gasteiger partial charge in [0.15, 0.2) is 0 Å². The maximum absolute atomic E-state index is 12.9. The summed E-state index contributed by atoms with van der Waals surface area (Å²) in [5.41, 5.74) is -0.598. The van der Waals surface area contributed by atoms with Crippen molar-refractivity contribution in [2.45, 2.75) is 43.9 Å². The number of nitrogens with one attached hydrogen (secondary N) is 2. The van der Waals surface area contributed by atoms with E-state index in [0.717, 1.165) is 39.0 Å². The summed E-state index contributed by atoms with van der Waals surface area (Å²) in [6.45, 7) is 5.54. The second-order valence-electron chi connectivity index (χ2n) is 6.43. The van der Waals surface area contributed by atoms with Gasteiger partial charge in [0.25, 0.3) is 0 Å². The van der Waals surface area contributed by atoms with Gasteiger partial charge in [0.2, 0.25) is 5.91 Å². The fourth-order valence-corrected chi connectivity index (χ4v) is 3.25. The van der Waals surface area contributed by atoms with Gasteiger partial charge in [-0.2, -0.15) is 5.10 Å². The van der Waals surface area contributed by atoms with Crippen LogP contribution in [0.1, 0.15) is 26.2 Å². The van der Waals surface area contributed by atoms with Gasteiger partial charge in [-0.1, -0.05) is 0 Å². The highest BCUT2D eigenvalue weighted by Gasteiger charge is 2.42. The van der Waals surface area contributed by atoms with Crippen molar-refractivity contribution < 1.29 is 14.3 Å². The molecule has 3 heterocycles. The lowest BCUT2D eigenvalue weighted by atomic mass is 9.87. The van der Waals surface area contributed by atoms with Crippen molar-refractivity contribution >= 4 is 5.91 Å². The van der Waals surface area contributed by atoms with Crippen molar-refractivity contribution in [3.8, 4) is 0 Å². The molecule has 0 radical (unpaired) electrons. The third-order valence-electron chi connectivity index (χ3n) is 4.64. The molecule has 1 aromatic heterocycles. The van der Waals surface area contributed by atoms with Crippen LogP contribution >= 0.6 is 0 Å². The first-order valence-corrected chi connectivity index (χ1v) is 8.42. The molecule has 128 valence electrons. The smallest absolute Gasteiger partial charge is 0.248 e. The number of ether oxygens (including phenoxy) is 2. The Hall–Kier alpha value is -1.44. The van der Waals surface area contributed by atoms with Gasteiger partial charge in [-0.3, -0.25) is 9.48 Å². The normalized spacial score (nSPS) is 25.2. The average Bonchev–Trinajstić information content (AvgIpc) is 3.27. The summed E-state index contributed by atoms with van der Waals surface area (Å²) in [7, 11) is 0. The van der Waals surface area contributed by atoms with Gasteiger partial charge < -0.3 is 20.1 Å². The Bertz CT molecular complexity index is 493. The Balaban J connectivity index is 1.59. The van der Waals surface area contributed by atoms with E-state index in [0.29, 0.717) is 13.2 Å². The summed E-state index contributed by atoms with van der Waals surface area (Å²) in [4.78, 5) is 12.9. The molecule has 1 amide bonds. The van der Waals surface area contributed by atoms with Crippen LogP contribution in [0.2, 0.25) is 0 Å². The Morgan fingerprint density at radius 1 is 1.57 bits per heavy atom. The SMILES string of the molecule is CC(COC1CCOC1)NC(=O)C1(n2cccn2)CCNCC1. The maximum atomic E-state index is 12.9. The number of hydrogen-bond donors (Lipinski definition) is 2. The zero-order chi connectivity index (χ0) is 16.1. The van der Waals surface area contributed by atoms with Crippen LogP contribution in [0, 0.1) is 0 Å². The lowest BCUT2D eigenvalue weighted by molar-refractivity contribution is -0.133. The molecule has 2 saturated heterocycles. The van der Waals surface area contributed by atoms with Crippen molar-refractivity contribution in [3.05, 3.63) is 18.5 Å². The van der Waals surface area contributed by atoms with Gasteiger partial charge in [-0.25, -0.2) is 0 Å². The van der Waals surface area contributed by atoms with E-state index in [1.807, 2.05) is 23.9 Å². The van der Waals surface area contributed by atoms with Crippen LogP contribution in [-0.4, -0.2) is 60.7 Å². The maximum Gasteiger partial charge on any atom is 0.248 e. The highest BCUT2D eigenvalue weighted by molar-refractivity contribution is 5.84. The molecule has 3 rings (SSSR count). The minimum absolute atomic E-state index is 0.0291. The predicted octanol–water partition coefficient (Wildman–Crippen LogP) is 0.272. The zero-order valence-electron chi connectivity index (χ0n) is 13.7. The second kappa shape index (κ2) is 7.42. The highest BCUT2D eigenvalue weighted by atomic mass is 16.5. The first kappa shape index (κ1) is 16.4. The molecule has 0 spiro atoms. The third kappa shape index (κ3) is 3.73. The zero-order valence-corrected chi connectivity index (χ0v) is 13.7. The fourth-order valence-electron chi connectivity index (χ4n) is 3.25. The average molecular weight is 322 g/mol. The second-order valence-corrected chi connectivity index (χ2v) is 6.43. The molecule has 2 aliphatic rings. The van der Waals surface area contributed by atoms with E-state index < -0.39 is 5.54 Å². The summed E-state index contributed by atoms with van der Waals surface area (Å²) in [6.07, 6.45) is 6.18. The predicted molar refractivity (Wildman–Crippen MR) is 85.1 cm³/mol. The molecule has 0 bridgehead atoms. The van der Waals surface area contributed by atoms with Gasteiger partial charge in [0, 0.05) is 25.0 Å². The number of hydrogen-bond acceptors (Lipinski definition) is 5. The quantitative estimate of drug-likeness (QED) is 0.786. The molecule has 0 aromatic carbocycles. The standard InChI is InChI=1S/C16H26N4O3/c1-13(11-23-14-3-10-22-12-14)19-15(21)16(4-7-17-8-5-16)20-9-2-6-18-20/h2,6,9,13-14,17H,3-5,7-8,10-12H2,1H3,(H,19,21). The monoisotopic (exact) mass is 322 g/mol. The molecule has 0 saturated carbocycles. The third-order valence-corrected chi connectivity index (χ3v) is 4.64. The van der Waals surface area contributed by atoms with E-state index in [-0.39, 0.29) is 18.1 Å². The first-order valence-electron chi connectivity index (χ1n) is 8.42. The molecule has 0 aliphatic carbocycles. The molecular weight excluding hydrogens is 296 g/mol. The van der Waals surface area contributed by atoms with Crippen molar-refractivity contribution in [1.82, 2.24) is 20.4 Å². The van der Waals surface area contributed by atoms with Crippen LogP contribution in [0.5, 0.6) is 0 Å². The molecule has 2 unspecified atom stereocenters. The number of piperidine rings is 1. The summed E-state index contributed by atoms with van der Waals surface area (Å²) >= 11 is 0. The van der Waals surface area contributed by atoms with E-state index in [1.165, 1.54) is 0 Å². The molecule has 7 heteroatoms. The van der Waals surface area contributed by atoms with Crippen molar-refractivity contribution in [3.63, 3.8) is 0 Å². The van der Waals surface area contributed by atoms with E-state index in [2.05, 4.69) is 15.7 Å². The minimum Gasteiger partial charge on any atom is -0.379 e. The van der Waals surface area contributed by atoms with E-state index in [1.54, 1.807) is 6.20 Å².